The first kappa shape index (κ1) is 15.0. The smallest absolute Gasteiger partial charge is 0.320 e. The Morgan fingerprint density at radius 1 is 1.14 bits per heavy atom. The van der Waals surface area contributed by atoms with E-state index in [1.54, 1.807) is 0 Å². The molecule has 0 aliphatic heterocycles. The molecule has 0 saturated carbocycles. The van der Waals surface area contributed by atoms with Crippen LogP contribution >= 0.6 is 12.2 Å². The van der Waals surface area contributed by atoms with Crippen molar-refractivity contribution in [1.82, 2.24) is 5.32 Å². The monoisotopic (exact) mass is 299 g/mol. The van der Waals surface area contributed by atoms with E-state index in [2.05, 4.69) is 10.6 Å². The third kappa shape index (κ3) is 4.29. The summed E-state index contributed by atoms with van der Waals surface area (Å²) in [6, 6.07) is 16.1. The van der Waals surface area contributed by atoms with Crippen molar-refractivity contribution < 1.29 is 4.79 Å². The van der Waals surface area contributed by atoms with Gasteiger partial charge in [-0.2, -0.15) is 0 Å². The van der Waals surface area contributed by atoms with Crippen LogP contribution in [0, 0.1) is 6.92 Å². The van der Waals surface area contributed by atoms with Gasteiger partial charge in [-0.25, -0.2) is 4.79 Å². The van der Waals surface area contributed by atoms with Gasteiger partial charge in [0.1, 0.15) is 11.0 Å². The molecule has 5 heteroatoms. The van der Waals surface area contributed by atoms with Gasteiger partial charge < -0.3 is 16.4 Å². The maximum Gasteiger partial charge on any atom is 0.320 e. The molecule has 0 aliphatic carbocycles. The van der Waals surface area contributed by atoms with Gasteiger partial charge in [-0.05, 0) is 30.2 Å². The van der Waals surface area contributed by atoms with Crippen molar-refractivity contribution in [3.8, 4) is 0 Å². The molecule has 0 bridgehead atoms. The summed E-state index contributed by atoms with van der Waals surface area (Å²) in [5.41, 5.74) is 8.37. The number of rotatable bonds is 4. The summed E-state index contributed by atoms with van der Waals surface area (Å²) >= 11 is 5.04. The van der Waals surface area contributed by atoms with Crippen LogP contribution < -0.4 is 16.4 Å². The quantitative estimate of drug-likeness (QED) is 0.760. The number of carbonyl (C=O) groups excluding carboxylic acids is 1. The minimum Gasteiger partial charge on any atom is -0.391 e. The number of nitrogens with two attached hydrogens (primary N) is 1. The second kappa shape index (κ2) is 6.85. The van der Waals surface area contributed by atoms with Gasteiger partial charge in [0, 0.05) is 5.69 Å². The van der Waals surface area contributed by atoms with Crippen LogP contribution in [0.25, 0.3) is 0 Å². The predicted octanol–water partition coefficient (Wildman–Crippen LogP) is 3.14. The minimum absolute atomic E-state index is 0.223. The number of urea groups is 1. The van der Waals surface area contributed by atoms with Crippen LogP contribution in [0.1, 0.15) is 17.2 Å². The number of hydrogen-bond acceptors (Lipinski definition) is 2. The lowest BCUT2D eigenvalue weighted by Crippen LogP contribution is -2.38. The van der Waals surface area contributed by atoms with Gasteiger partial charge in [-0.15, -0.1) is 0 Å². The second-order valence-corrected chi connectivity index (χ2v) is 5.19. The van der Waals surface area contributed by atoms with Gasteiger partial charge in [-0.3, -0.25) is 0 Å². The molecule has 0 fully saturated rings. The van der Waals surface area contributed by atoms with Crippen LogP contribution in [0.3, 0.4) is 0 Å². The van der Waals surface area contributed by atoms with Gasteiger partial charge in [0.05, 0.1) is 0 Å². The first-order valence-corrected chi connectivity index (χ1v) is 6.95. The summed E-state index contributed by atoms with van der Waals surface area (Å²) in [6.07, 6.45) is 0. The van der Waals surface area contributed by atoms with Gasteiger partial charge in [0.15, 0.2) is 0 Å². The number of thiocarbonyl (C=S) groups is 1. The Morgan fingerprint density at radius 2 is 1.86 bits per heavy atom. The maximum absolute atomic E-state index is 12.1. The Labute approximate surface area is 129 Å². The molecule has 1 atom stereocenters. The molecule has 0 aliphatic rings. The average Bonchev–Trinajstić information content (AvgIpc) is 2.45. The molecule has 1 unspecified atom stereocenters. The number of aryl methyl sites for hydroxylation is 1. The van der Waals surface area contributed by atoms with E-state index in [0.717, 1.165) is 16.8 Å². The summed E-state index contributed by atoms with van der Waals surface area (Å²) in [6.45, 7) is 1.96. The van der Waals surface area contributed by atoms with E-state index in [4.69, 9.17) is 18.0 Å². The summed E-state index contributed by atoms with van der Waals surface area (Å²) < 4.78 is 0. The van der Waals surface area contributed by atoms with Crippen molar-refractivity contribution in [3.63, 3.8) is 0 Å². The van der Waals surface area contributed by atoms with E-state index in [9.17, 15) is 4.79 Å². The lowest BCUT2D eigenvalue weighted by Gasteiger charge is -2.18. The Bertz CT molecular complexity index is 643. The van der Waals surface area contributed by atoms with Crippen LogP contribution in [0.15, 0.2) is 54.6 Å². The molecule has 2 aromatic rings. The lowest BCUT2D eigenvalue weighted by molar-refractivity contribution is 0.251. The molecule has 0 aromatic heterocycles. The van der Waals surface area contributed by atoms with Crippen molar-refractivity contribution in [3.05, 3.63) is 65.7 Å². The zero-order chi connectivity index (χ0) is 15.2. The molecule has 108 valence electrons. The number of benzene rings is 2. The van der Waals surface area contributed by atoms with Gasteiger partial charge >= 0.3 is 6.03 Å². The van der Waals surface area contributed by atoms with Crippen LogP contribution in [-0.4, -0.2) is 11.0 Å². The van der Waals surface area contributed by atoms with E-state index in [-0.39, 0.29) is 11.0 Å². The highest BCUT2D eigenvalue weighted by molar-refractivity contribution is 7.80. The number of hydrogen-bond donors (Lipinski definition) is 3. The summed E-state index contributed by atoms with van der Waals surface area (Å²) in [5, 5.41) is 5.56. The molecule has 2 aromatic carbocycles. The molecule has 4 N–H and O–H groups in total. The molecule has 2 amide bonds. The molecule has 0 heterocycles. The molecule has 2 rings (SSSR count). The van der Waals surface area contributed by atoms with Crippen molar-refractivity contribution in [2.24, 2.45) is 5.73 Å². The third-order valence-corrected chi connectivity index (χ3v) is 3.20. The number of nitrogens with one attached hydrogen (secondary N) is 2. The summed E-state index contributed by atoms with van der Waals surface area (Å²) in [5.74, 6) is 0. The molecule has 0 radical (unpaired) electrons. The summed E-state index contributed by atoms with van der Waals surface area (Å²) in [7, 11) is 0. The predicted molar refractivity (Wildman–Crippen MR) is 89.3 cm³/mol. The molecular weight excluding hydrogens is 282 g/mol. The van der Waals surface area contributed by atoms with Gasteiger partial charge in [-0.1, -0.05) is 54.7 Å². The summed E-state index contributed by atoms with van der Waals surface area (Å²) in [4.78, 5) is 12.3. The molecular formula is C16H17N3OS. The largest absolute Gasteiger partial charge is 0.391 e. The van der Waals surface area contributed by atoms with Crippen molar-refractivity contribution in [2.75, 3.05) is 5.32 Å². The highest BCUT2D eigenvalue weighted by atomic mass is 32.1. The van der Waals surface area contributed by atoms with Gasteiger partial charge in [0.2, 0.25) is 0 Å². The lowest BCUT2D eigenvalue weighted by atomic mass is 10.1. The van der Waals surface area contributed by atoms with Crippen LogP contribution in [-0.2, 0) is 0 Å². The highest BCUT2D eigenvalue weighted by Crippen LogP contribution is 2.14. The van der Waals surface area contributed by atoms with Crippen LogP contribution in [0.2, 0.25) is 0 Å². The molecule has 4 nitrogen and oxygen atoms in total. The van der Waals surface area contributed by atoms with Crippen LogP contribution in [0.5, 0.6) is 0 Å². The maximum atomic E-state index is 12.1. The zero-order valence-corrected chi connectivity index (χ0v) is 12.5. The Kier molecular flexibility index (Phi) is 4.90. The molecule has 0 spiro atoms. The van der Waals surface area contributed by atoms with Gasteiger partial charge in [0.25, 0.3) is 0 Å². The van der Waals surface area contributed by atoms with E-state index in [1.807, 2.05) is 61.5 Å². The first-order chi connectivity index (χ1) is 10.1. The Morgan fingerprint density at radius 3 is 2.48 bits per heavy atom. The van der Waals surface area contributed by atoms with E-state index in [0.29, 0.717) is 0 Å². The van der Waals surface area contributed by atoms with E-state index >= 15 is 0 Å². The third-order valence-electron chi connectivity index (χ3n) is 2.97. The van der Waals surface area contributed by atoms with Crippen LogP contribution in [0.4, 0.5) is 10.5 Å². The standard InChI is InChI=1S/C16H17N3OS/c1-11-6-5-9-13(10-11)18-16(20)19-14(15(17)21)12-7-3-2-4-8-12/h2-10,14H,1H3,(H2,17,21)(H2,18,19,20). The average molecular weight is 299 g/mol. The number of anilines is 1. The first-order valence-electron chi connectivity index (χ1n) is 6.54. The highest BCUT2D eigenvalue weighted by Gasteiger charge is 2.17. The Balaban J connectivity index is 2.07. The fourth-order valence-electron chi connectivity index (χ4n) is 1.99. The molecule has 0 saturated heterocycles. The van der Waals surface area contributed by atoms with Crippen molar-refractivity contribution in [2.45, 2.75) is 13.0 Å². The van der Waals surface area contributed by atoms with E-state index < -0.39 is 6.04 Å². The topological polar surface area (TPSA) is 67.2 Å². The van der Waals surface area contributed by atoms with Crippen molar-refractivity contribution >= 4 is 28.9 Å². The zero-order valence-electron chi connectivity index (χ0n) is 11.7. The molecule has 21 heavy (non-hydrogen) atoms. The number of amides is 2. The normalized spacial score (nSPS) is 11.5. The minimum atomic E-state index is -0.494. The Hall–Kier alpha value is -2.40. The second-order valence-electron chi connectivity index (χ2n) is 4.71. The fourth-order valence-corrected chi connectivity index (χ4v) is 2.18. The van der Waals surface area contributed by atoms with Crippen molar-refractivity contribution in [1.29, 1.82) is 0 Å². The SMILES string of the molecule is Cc1cccc(NC(=O)NC(C(N)=S)c2ccccc2)c1. The fraction of sp³-hybridized carbons (Fsp3) is 0.125. The van der Waals surface area contributed by atoms with E-state index in [1.165, 1.54) is 0 Å². The number of carbonyl (C=O) groups is 1.